The van der Waals surface area contributed by atoms with E-state index in [2.05, 4.69) is 5.32 Å². The number of benzene rings is 2. The Bertz CT molecular complexity index is 886. The van der Waals surface area contributed by atoms with E-state index < -0.39 is 22.9 Å². The van der Waals surface area contributed by atoms with Gasteiger partial charge in [-0.15, -0.1) is 11.8 Å². The van der Waals surface area contributed by atoms with Crippen LogP contribution in [0.4, 0.5) is 24.5 Å². The van der Waals surface area contributed by atoms with Gasteiger partial charge in [-0.05, 0) is 36.4 Å². The monoisotopic (exact) mass is 408 g/mol. The fraction of sp³-hybridized carbons (Fsp3) is 0.211. The van der Waals surface area contributed by atoms with Crippen molar-refractivity contribution in [2.24, 2.45) is 0 Å². The zero-order valence-electron chi connectivity index (χ0n) is 14.4. The number of alkyl halides is 3. The van der Waals surface area contributed by atoms with Gasteiger partial charge in [-0.2, -0.15) is 13.2 Å². The first-order valence-corrected chi connectivity index (χ1v) is 9.31. The second-order valence-corrected chi connectivity index (χ2v) is 7.22. The molecule has 1 heterocycles. The van der Waals surface area contributed by atoms with Crippen LogP contribution in [0.2, 0.25) is 0 Å². The smallest absolute Gasteiger partial charge is 0.325 e. The number of halogens is 3. The van der Waals surface area contributed by atoms with E-state index in [1.807, 2.05) is 0 Å². The summed E-state index contributed by atoms with van der Waals surface area (Å²) in [5.41, 5.74) is -0.107. The molecule has 146 valence electrons. The number of nitrogens with one attached hydrogen (secondary N) is 1. The summed E-state index contributed by atoms with van der Waals surface area (Å²) in [7, 11) is 0. The Morgan fingerprint density at radius 1 is 1.07 bits per heavy atom. The van der Waals surface area contributed by atoms with Crippen LogP contribution in [0.15, 0.2) is 54.6 Å². The Kier molecular flexibility index (Phi) is 5.73. The topological polar surface area (TPSA) is 66.5 Å². The predicted octanol–water partition coefficient (Wildman–Crippen LogP) is 3.71. The first kappa shape index (κ1) is 19.9. The molecule has 1 atom stereocenters. The molecule has 0 unspecified atom stereocenters. The van der Waals surface area contributed by atoms with Gasteiger partial charge in [0.1, 0.15) is 0 Å². The quantitative estimate of drug-likeness (QED) is 0.766. The molecule has 0 aliphatic carbocycles. The molecule has 2 aromatic rings. The van der Waals surface area contributed by atoms with Crippen molar-refractivity contribution in [3.8, 4) is 0 Å². The minimum atomic E-state index is -4.45. The predicted molar refractivity (Wildman–Crippen MR) is 99.9 cm³/mol. The number of hydrogen-bond donors (Lipinski definition) is 1. The first-order chi connectivity index (χ1) is 13.3. The minimum absolute atomic E-state index is 0.00798. The highest BCUT2D eigenvalue weighted by Crippen LogP contribution is 2.31. The van der Waals surface area contributed by atoms with Gasteiger partial charge in [0, 0.05) is 12.1 Å². The maximum atomic E-state index is 12.5. The van der Waals surface area contributed by atoms with Crippen LogP contribution in [0.25, 0.3) is 0 Å². The number of amides is 3. The van der Waals surface area contributed by atoms with Gasteiger partial charge in [-0.1, -0.05) is 18.2 Å². The van der Waals surface area contributed by atoms with Crippen molar-refractivity contribution in [2.45, 2.75) is 17.8 Å². The van der Waals surface area contributed by atoms with Gasteiger partial charge in [0.2, 0.25) is 17.7 Å². The number of carbonyl (C=O) groups is 3. The number of imide groups is 1. The van der Waals surface area contributed by atoms with Crippen molar-refractivity contribution in [3.05, 3.63) is 60.2 Å². The number of rotatable bonds is 5. The van der Waals surface area contributed by atoms with Crippen LogP contribution in [0, 0.1) is 0 Å². The molecule has 1 aliphatic heterocycles. The second-order valence-electron chi connectivity index (χ2n) is 6.03. The number of nitrogens with zero attached hydrogens (tertiary/aromatic N) is 1. The van der Waals surface area contributed by atoms with Crippen molar-refractivity contribution < 1.29 is 27.6 Å². The lowest BCUT2D eigenvalue weighted by atomic mass is 10.2. The number of para-hydroxylation sites is 1. The molecular weight excluding hydrogens is 393 g/mol. The van der Waals surface area contributed by atoms with Crippen molar-refractivity contribution in [2.75, 3.05) is 16.0 Å². The molecule has 1 aliphatic rings. The third-order valence-corrected chi connectivity index (χ3v) is 5.23. The highest BCUT2D eigenvalue weighted by Gasteiger charge is 2.40. The average molecular weight is 408 g/mol. The zero-order chi connectivity index (χ0) is 20.3. The van der Waals surface area contributed by atoms with E-state index >= 15 is 0 Å². The van der Waals surface area contributed by atoms with Gasteiger partial charge in [-0.25, -0.2) is 4.90 Å². The average Bonchev–Trinajstić information content (AvgIpc) is 2.94. The van der Waals surface area contributed by atoms with Crippen molar-refractivity contribution >= 4 is 40.9 Å². The molecule has 9 heteroatoms. The van der Waals surface area contributed by atoms with E-state index in [4.69, 9.17) is 0 Å². The van der Waals surface area contributed by atoms with E-state index in [0.29, 0.717) is 5.69 Å². The van der Waals surface area contributed by atoms with Gasteiger partial charge in [0.25, 0.3) is 0 Å². The van der Waals surface area contributed by atoms with E-state index in [9.17, 15) is 27.6 Å². The summed E-state index contributed by atoms with van der Waals surface area (Å²) in [6, 6.07) is 12.6. The van der Waals surface area contributed by atoms with E-state index in [-0.39, 0.29) is 29.7 Å². The largest absolute Gasteiger partial charge is 0.416 e. The van der Waals surface area contributed by atoms with Crippen LogP contribution in [0.3, 0.4) is 0 Å². The Morgan fingerprint density at radius 2 is 1.71 bits per heavy atom. The zero-order valence-corrected chi connectivity index (χ0v) is 15.2. The van der Waals surface area contributed by atoms with Crippen molar-refractivity contribution in [1.82, 2.24) is 0 Å². The Hall–Kier alpha value is -2.81. The summed E-state index contributed by atoms with van der Waals surface area (Å²) in [5.74, 6) is -1.29. The van der Waals surface area contributed by atoms with Gasteiger partial charge in [0.15, 0.2) is 0 Å². The lowest BCUT2D eigenvalue weighted by Gasteiger charge is -2.14. The lowest BCUT2D eigenvalue weighted by Crippen LogP contribution is -2.31. The molecule has 0 aromatic heterocycles. The highest BCUT2D eigenvalue weighted by atomic mass is 32.2. The fourth-order valence-electron chi connectivity index (χ4n) is 2.70. The SMILES string of the molecule is O=C(CS[C@H]1CC(=O)N(c2ccccc2)C1=O)Nc1ccc(C(F)(F)F)cc1. The van der Waals surface area contributed by atoms with Crippen molar-refractivity contribution in [1.29, 1.82) is 0 Å². The Balaban J connectivity index is 1.55. The number of anilines is 2. The summed E-state index contributed by atoms with van der Waals surface area (Å²) >= 11 is 1.02. The molecule has 1 saturated heterocycles. The molecule has 0 spiro atoms. The number of hydrogen-bond acceptors (Lipinski definition) is 4. The van der Waals surface area contributed by atoms with Gasteiger partial charge in [0.05, 0.1) is 22.3 Å². The van der Waals surface area contributed by atoms with E-state index in [0.717, 1.165) is 40.9 Å². The maximum absolute atomic E-state index is 12.5. The van der Waals surface area contributed by atoms with Gasteiger partial charge >= 0.3 is 6.18 Å². The molecule has 2 aromatic carbocycles. The van der Waals surface area contributed by atoms with Crippen LogP contribution in [0.5, 0.6) is 0 Å². The van der Waals surface area contributed by atoms with E-state index in [1.165, 1.54) is 0 Å². The molecule has 1 fully saturated rings. The third-order valence-electron chi connectivity index (χ3n) is 4.03. The van der Waals surface area contributed by atoms with Crippen LogP contribution in [-0.2, 0) is 20.6 Å². The fourth-order valence-corrected chi connectivity index (χ4v) is 3.63. The number of thioether (sulfide) groups is 1. The molecule has 0 bridgehead atoms. The summed E-state index contributed by atoms with van der Waals surface area (Å²) in [5, 5.41) is 1.80. The van der Waals surface area contributed by atoms with Crippen LogP contribution >= 0.6 is 11.8 Å². The molecular formula is C19H15F3N2O3S. The summed E-state index contributed by atoms with van der Waals surface area (Å²) < 4.78 is 37.6. The van der Waals surface area contributed by atoms with Crippen molar-refractivity contribution in [3.63, 3.8) is 0 Å². The standard InChI is InChI=1S/C19H15F3N2O3S/c20-19(21,22)12-6-8-13(9-7-12)23-16(25)11-28-15-10-17(26)24(18(15)27)14-4-2-1-3-5-14/h1-9,15H,10-11H2,(H,23,25)/t15-/m0/s1. The molecule has 0 saturated carbocycles. The van der Waals surface area contributed by atoms with Gasteiger partial charge < -0.3 is 5.32 Å². The maximum Gasteiger partial charge on any atom is 0.416 e. The molecule has 0 radical (unpaired) electrons. The van der Waals surface area contributed by atoms with Crippen LogP contribution < -0.4 is 10.2 Å². The molecule has 3 amide bonds. The molecule has 28 heavy (non-hydrogen) atoms. The molecule has 1 N–H and O–H groups in total. The van der Waals surface area contributed by atoms with E-state index in [1.54, 1.807) is 30.3 Å². The minimum Gasteiger partial charge on any atom is -0.325 e. The Morgan fingerprint density at radius 3 is 2.32 bits per heavy atom. The summed E-state index contributed by atoms with van der Waals surface area (Å²) in [6.45, 7) is 0. The Labute approximate surface area is 162 Å². The number of carbonyl (C=O) groups excluding carboxylic acids is 3. The lowest BCUT2D eigenvalue weighted by molar-refractivity contribution is -0.137. The van der Waals surface area contributed by atoms with Crippen LogP contribution in [0.1, 0.15) is 12.0 Å². The van der Waals surface area contributed by atoms with Crippen LogP contribution in [-0.4, -0.2) is 28.7 Å². The molecule has 5 nitrogen and oxygen atoms in total. The summed E-state index contributed by atoms with van der Waals surface area (Å²) in [4.78, 5) is 37.7. The third kappa shape index (κ3) is 4.53. The second kappa shape index (κ2) is 8.05. The summed E-state index contributed by atoms with van der Waals surface area (Å²) in [6.07, 6.45) is -4.45. The molecule has 3 rings (SSSR count). The van der Waals surface area contributed by atoms with Gasteiger partial charge in [-0.3, -0.25) is 14.4 Å². The highest BCUT2D eigenvalue weighted by molar-refractivity contribution is 8.01. The first-order valence-electron chi connectivity index (χ1n) is 8.26. The normalized spacial score (nSPS) is 17.1.